The van der Waals surface area contributed by atoms with E-state index in [0.717, 1.165) is 18.4 Å². The van der Waals surface area contributed by atoms with Crippen LogP contribution in [0.25, 0.3) is 0 Å². The van der Waals surface area contributed by atoms with Crippen LogP contribution in [-0.4, -0.2) is 50.0 Å². The lowest BCUT2D eigenvalue weighted by Crippen LogP contribution is -2.52. The number of benzene rings is 2. The molecule has 0 aromatic heterocycles. The van der Waals surface area contributed by atoms with Crippen molar-refractivity contribution in [3.05, 3.63) is 65.7 Å². The average molecular weight is 500 g/mol. The van der Waals surface area contributed by atoms with Crippen LogP contribution in [0.4, 0.5) is 18.9 Å². The summed E-state index contributed by atoms with van der Waals surface area (Å²) in [5.74, 6) is -1.18. The third-order valence-corrected chi connectivity index (χ3v) is 6.08. The summed E-state index contributed by atoms with van der Waals surface area (Å²) in [5.41, 5.74) is -0.647. The van der Waals surface area contributed by atoms with Gasteiger partial charge in [-0.05, 0) is 44.5 Å². The fraction of sp³-hybridized carbons (Fsp3) is 0.391. The summed E-state index contributed by atoms with van der Waals surface area (Å²) in [7, 11) is -4.13. The Morgan fingerprint density at radius 2 is 1.62 bits per heavy atom. The first kappa shape index (κ1) is 27.2. The fourth-order valence-electron chi connectivity index (χ4n) is 3.22. The van der Waals surface area contributed by atoms with Gasteiger partial charge in [0, 0.05) is 12.6 Å². The number of nitrogens with one attached hydrogen (secondary N) is 1. The predicted molar refractivity (Wildman–Crippen MR) is 123 cm³/mol. The van der Waals surface area contributed by atoms with E-state index >= 15 is 0 Å². The van der Waals surface area contributed by atoms with E-state index in [4.69, 9.17) is 0 Å². The average Bonchev–Trinajstić information content (AvgIpc) is 2.74. The van der Waals surface area contributed by atoms with Crippen molar-refractivity contribution in [2.24, 2.45) is 0 Å². The van der Waals surface area contributed by atoms with Crippen LogP contribution in [0.15, 0.2) is 54.6 Å². The summed E-state index contributed by atoms with van der Waals surface area (Å²) in [6, 6.07) is 11.4. The summed E-state index contributed by atoms with van der Waals surface area (Å²) in [6.45, 7) is 4.26. The van der Waals surface area contributed by atoms with E-state index in [-0.39, 0.29) is 18.3 Å². The first-order chi connectivity index (χ1) is 15.7. The summed E-state index contributed by atoms with van der Waals surface area (Å²) in [6.07, 6.45) is -3.89. The molecule has 0 saturated heterocycles. The van der Waals surface area contributed by atoms with Crippen LogP contribution in [-0.2, 0) is 32.3 Å². The number of hydrogen-bond donors (Lipinski definition) is 1. The van der Waals surface area contributed by atoms with Crippen LogP contribution in [0.2, 0.25) is 0 Å². The number of halogens is 3. The molecule has 1 unspecified atom stereocenters. The van der Waals surface area contributed by atoms with E-state index in [1.807, 2.05) is 0 Å². The third-order valence-electron chi connectivity index (χ3n) is 4.93. The number of nitrogens with zero attached hydrogens (tertiary/aromatic N) is 2. The summed E-state index contributed by atoms with van der Waals surface area (Å²) < 4.78 is 65.0. The van der Waals surface area contributed by atoms with Gasteiger partial charge in [0.1, 0.15) is 12.6 Å². The van der Waals surface area contributed by atoms with Crippen molar-refractivity contribution in [2.75, 3.05) is 17.1 Å². The number of carbonyl (C=O) groups is 2. The zero-order valence-electron chi connectivity index (χ0n) is 19.3. The highest BCUT2D eigenvalue weighted by Gasteiger charge is 2.33. The molecular formula is C23H28F3N3O4S. The standard InChI is InChI=1S/C23H28F3N3O4S/c1-16(2)27-22(31)17(3)28(14-18-9-6-5-7-10-18)21(30)15-29(34(4,32)33)20-12-8-11-19(13-20)23(24,25)26/h5-13,16-17H,14-15H2,1-4H3,(H,27,31). The van der Waals surface area contributed by atoms with Gasteiger partial charge in [-0.15, -0.1) is 0 Å². The minimum Gasteiger partial charge on any atom is -0.352 e. The first-order valence-electron chi connectivity index (χ1n) is 10.5. The summed E-state index contributed by atoms with van der Waals surface area (Å²) >= 11 is 0. The fourth-order valence-corrected chi connectivity index (χ4v) is 4.06. The number of sulfonamides is 1. The quantitative estimate of drug-likeness (QED) is 0.573. The van der Waals surface area contributed by atoms with Gasteiger partial charge >= 0.3 is 6.18 Å². The van der Waals surface area contributed by atoms with Gasteiger partial charge in [-0.2, -0.15) is 13.2 Å². The molecule has 7 nitrogen and oxygen atoms in total. The van der Waals surface area contributed by atoms with E-state index < -0.39 is 46.2 Å². The number of rotatable bonds is 9. The molecule has 0 radical (unpaired) electrons. The molecule has 0 bridgehead atoms. The Bertz CT molecular complexity index is 1110. The van der Waals surface area contributed by atoms with Gasteiger partial charge in [-0.25, -0.2) is 8.42 Å². The second-order valence-electron chi connectivity index (χ2n) is 8.16. The third kappa shape index (κ3) is 7.47. The van der Waals surface area contributed by atoms with Crippen LogP contribution < -0.4 is 9.62 Å². The Kier molecular flexibility index (Phi) is 8.71. The van der Waals surface area contributed by atoms with E-state index in [9.17, 15) is 31.2 Å². The Morgan fingerprint density at radius 3 is 2.15 bits per heavy atom. The van der Waals surface area contributed by atoms with Crippen molar-refractivity contribution in [1.82, 2.24) is 10.2 Å². The molecule has 34 heavy (non-hydrogen) atoms. The van der Waals surface area contributed by atoms with Gasteiger partial charge in [0.25, 0.3) is 0 Å². The van der Waals surface area contributed by atoms with Crippen molar-refractivity contribution in [3.8, 4) is 0 Å². The largest absolute Gasteiger partial charge is 0.416 e. The lowest BCUT2D eigenvalue weighted by Gasteiger charge is -2.32. The molecule has 0 heterocycles. The van der Waals surface area contributed by atoms with Crippen molar-refractivity contribution < 1.29 is 31.2 Å². The van der Waals surface area contributed by atoms with Crippen LogP contribution in [0.5, 0.6) is 0 Å². The van der Waals surface area contributed by atoms with Crippen molar-refractivity contribution in [1.29, 1.82) is 0 Å². The molecule has 1 atom stereocenters. The molecule has 0 saturated carbocycles. The topological polar surface area (TPSA) is 86.8 Å². The molecule has 1 N–H and O–H groups in total. The normalized spacial score (nSPS) is 12.8. The molecule has 2 aromatic rings. The van der Waals surface area contributed by atoms with Crippen LogP contribution >= 0.6 is 0 Å². The maximum atomic E-state index is 13.3. The summed E-state index contributed by atoms with van der Waals surface area (Å²) in [5, 5.41) is 2.71. The predicted octanol–water partition coefficient (Wildman–Crippen LogP) is 3.41. The van der Waals surface area contributed by atoms with Gasteiger partial charge in [0.2, 0.25) is 21.8 Å². The SMILES string of the molecule is CC(C)NC(=O)C(C)N(Cc1ccccc1)C(=O)CN(c1cccc(C(F)(F)F)c1)S(C)(=O)=O. The Balaban J connectivity index is 2.42. The highest BCUT2D eigenvalue weighted by atomic mass is 32.2. The van der Waals surface area contributed by atoms with Gasteiger partial charge in [-0.3, -0.25) is 13.9 Å². The van der Waals surface area contributed by atoms with E-state index in [1.54, 1.807) is 44.2 Å². The molecule has 0 spiro atoms. The molecule has 0 aliphatic heterocycles. The molecule has 2 rings (SSSR count). The number of amides is 2. The number of hydrogen-bond acceptors (Lipinski definition) is 4. The van der Waals surface area contributed by atoms with Crippen molar-refractivity contribution >= 4 is 27.5 Å². The highest BCUT2D eigenvalue weighted by molar-refractivity contribution is 7.92. The molecule has 2 amide bonds. The van der Waals surface area contributed by atoms with E-state index in [1.165, 1.54) is 17.9 Å². The second kappa shape index (κ2) is 10.9. The Morgan fingerprint density at radius 1 is 1.00 bits per heavy atom. The van der Waals surface area contributed by atoms with Gasteiger partial charge < -0.3 is 10.2 Å². The van der Waals surface area contributed by atoms with E-state index in [0.29, 0.717) is 15.9 Å². The monoisotopic (exact) mass is 499 g/mol. The van der Waals surface area contributed by atoms with Crippen molar-refractivity contribution in [3.63, 3.8) is 0 Å². The van der Waals surface area contributed by atoms with Crippen molar-refractivity contribution in [2.45, 2.75) is 45.6 Å². The smallest absolute Gasteiger partial charge is 0.352 e. The minimum absolute atomic E-state index is 0.00650. The zero-order valence-corrected chi connectivity index (χ0v) is 20.2. The van der Waals surface area contributed by atoms with Crippen LogP contribution in [0, 0.1) is 0 Å². The van der Waals surface area contributed by atoms with Gasteiger partial charge in [-0.1, -0.05) is 36.4 Å². The first-order valence-corrected chi connectivity index (χ1v) is 12.3. The second-order valence-corrected chi connectivity index (χ2v) is 10.1. The number of alkyl halides is 3. The lowest BCUT2D eigenvalue weighted by atomic mass is 10.1. The Hall–Kier alpha value is -3.08. The Labute approximate surface area is 197 Å². The molecular weight excluding hydrogens is 471 g/mol. The van der Waals surface area contributed by atoms with Gasteiger partial charge in [0.05, 0.1) is 17.5 Å². The summed E-state index contributed by atoms with van der Waals surface area (Å²) in [4.78, 5) is 27.2. The highest BCUT2D eigenvalue weighted by Crippen LogP contribution is 2.32. The molecule has 11 heteroatoms. The molecule has 0 fully saturated rings. The van der Waals surface area contributed by atoms with Crippen LogP contribution in [0.3, 0.4) is 0 Å². The zero-order chi connectivity index (χ0) is 25.7. The number of anilines is 1. The molecule has 0 aliphatic rings. The van der Waals surface area contributed by atoms with Gasteiger partial charge in [0.15, 0.2) is 0 Å². The molecule has 2 aromatic carbocycles. The van der Waals surface area contributed by atoms with E-state index in [2.05, 4.69) is 5.32 Å². The van der Waals surface area contributed by atoms with Crippen LogP contribution in [0.1, 0.15) is 31.9 Å². The molecule has 0 aliphatic carbocycles. The molecule has 186 valence electrons. The number of carbonyl (C=O) groups excluding carboxylic acids is 2. The maximum Gasteiger partial charge on any atom is 0.416 e. The maximum absolute atomic E-state index is 13.3. The minimum atomic E-state index is -4.69. The lowest BCUT2D eigenvalue weighted by molar-refractivity contribution is -0.139.